The summed E-state index contributed by atoms with van der Waals surface area (Å²) in [7, 11) is 0. The van der Waals surface area contributed by atoms with Gasteiger partial charge in [0, 0.05) is 0 Å². The van der Waals surface area contributed by atoms with E-state index in [0.717, 1.165) is 0 Å². The number of hydrogen-bond donors (Lipinski definition) is 0. The van der Waals surface area contributed by atoms with Gasteiger partial charge in [0.2, 0.25) is 0 Å². The molecule has 6 heteroatoms. The highest BCUT2D eigenvalue weighted by atomic mass is 19.3. The van der Waals surface area contributed by atoms with Crippen molar-refractivity contribution in [3.63, 3.8) is 0 Å². The van der Waals surface area contributed by atoms with Crippen molar-refractivity contribution in [3.8, 4) is 11.8 Å². The molecule has 0 aromatic heterocycles. The largest absolute Gasteiger partial charge is 0.462 e. The Hall–Kier alpha value is -2.16. The van der Waals surface area contributed by atoms with Crippen LogP contribution in [0.2, 0.25) is 0 Å². The van der Waals surface area contributed by atoms with Crippen molar-refractivity contribution in [2.24, 2.45) is 0 Å². The molecule has 0 unspecified atom stereocenters. The molecular weight excluding hydrogens is 256 g/mol. The molecule has 0 heterocycles. The molecule has 4 nitrogen and oxygen atoms in total. The van der Waals surface area contributed by atoms with Gasteiger partial charge in [-0.05, 0) is 25.0 Å². The van der Waals surface area contributed by atoms with E-state index in [2.05, 4.69) is 4.74 Å². The van der Waals surface area contributed by atoms with Gasteiger partial charge < -0.3 is 9.47 Å². The normalized spacial score (nSPS) is 10.1. The average molecular weight is 269 g/mol. The Kier molecular flexibility index (Phi) is 5.24. The summed E-state index contributed by atoms with van der Waals surface area (Å²) in [6.07, 6.45) is 0.430. The van der Waals surface area contributed by atoms with Crippen LogP contribution in [0.25, 0.3) is 0 Å². The molecule has 1 aromatic carbocycles. The summed E-state index contributed by atoms with van der Waals surface area (Å²) in [6.45, 7) is 0.349. The summed E-state index contributed by atoms with van der Waals surface area (Å²) in [5.41, 5.74) is 0.261. The van der Waals surface area contributed by atoms with Crippen LogP contribution in [0, 0.1) is 11.3 Å². The number of nitrogens with zero attached hydrogens (tertiary/aromatic N) is 1. The number of halogens is 2. The zero-order valence-corrected chi connectivity index (χ0v) is 10.6. The molecular formula is C13H13F2NO3. The monoisotopic (exact) mass is 269 g/mol. The van der Waals surface area contributed by atoms with Crippen LogP contribution in [0.1, 0.15) is 35.3 Å². The Morgan fingerprint density at radius 3 is 2.58 bits per heavy atom. The van der Waals surface area contributed by atoms with Crippen LogP contribution in [0.5, 0.6) is 5.75 Å². The fourth-order valence-corrected chi connectivity index (χ4v) is 1.64. The smallest absolute Gasteiger partial charge is 0.387 e. The molecule has 0 saturated carbocycles. The topological polar surface area (TPSA) is 59.3 Å². The standard InChI is InChI=1S/C13H13F2NO3/c1-3-8-5-6-9(7-16)11(19-13(14)15)10(8)12(17)18-4-2/h5-6,13H,3-4H2,1-2H3. The van der Waals surface area contributed by atoms with E-state index >= 15 is 0 Å². The summed E-state index contributed by atoms with van der Waals surface area (Å²) in [5, 5.41) is 8.90. The minimum absolute atomic E-state index is 0.104. The third-order valence-corrected chi connectivity index (χ3v) is 2.43. The molecule has 0 amide bonds. The van der Waals surface area contributed by atoms with Gasteiger partial charge in [-0.3, -0.25) is 0 Å². The number of aryl methyl sites for hydroxylation is 1. The Bertz CT molecular complexity index is 509. The highest BCUT2D eigenvalue weighted by Gasteiger charge is 2.23. The Morgan fingerprint density at radius 2 is 2.11 bits per heavy atom. The highest BCUT2D eigenvalue weighted by molar-refractivity contribution is 5.95. The van der Waals surface area contributed by atoms with Crippen LogP contribution in [0.3, 0.4) is 0 Å². The number of hydrogen-bond acceptors (Lipinski definition) is 4. The summed E-state index contributed by atoms with van der Waals surface area (Å²) in [5.74, 6) is -1.19. The molecule has 0 atom stereocenters. The minimum atomic E-state index is -3.12. The Balaban J connectivity index is 3.43. The summed E-state index contributed by atoms with van der Waals surface area (Å²) < 4.78 is 34.0. The maximum atomic E-state index is 12.4. The second-order valence-electron chi connectivity index (χ2n) is 3.54. The quantitative estimate of drug-likeness (QED) is 0.771. The van der Waals surface area contributed by atoms with Crippen molar-refractivity contribution in [2.45, 2.75) is 26.9 Å². The van der Waals surface area contributed by atoms with E-state index in [1.54, 1.807) is 19.9 Å². The highest BCUT2D eigenvalue weighted by Crippen LogP contribution is 2.29. The molecule has 0 aliphatic rings. The van der Waals surface area contributed by atoms with Crippen LogP contribution in [-0.4, -0.2) is 19.2 Å². The molecule has 102 valence electrons. The van der Waals surface area contributed by atoms with Crippen LogP contribution in [0.15, 0.2) is 12.1 Å². The molecule has 1 aromatic rings. The van der Waals surface area contributed by atoms with E-state index in [0.29, 0.717) is 12.0 Å². The molecule has 1 rings (SSSR count). The zero-order valence-electron chi connectivity index (χ0n) is 10.6. The van der Waals surface area contributed by atoms with Gasteiger partial charge in [-0.1, -0.05) is 13.0 Å². The summed E-state index contributed by atoms with van der Waals surface area (Å²) in [4.78, 5) is 11.8. The number of carbonyl (C=O) groups is 1. The van der Waals surface area contributed by atoms with Crippen molar-refractivity contribution in [1.29, 1.82) is 5.26 Å². The first kappa shape index (κ1) is 14.9. The number of rotatable bonds is 5. The third-order valence-electron chi connectivity index (χ3n) is 2.43. The first-order valence-electron chi connectivity index (χ1n) is 5.73. The van der Waals surface area contributed by atoms with Crippen molar-refractivity contribution < 1.29 is 23.0 Å². The van der Waals surface area contributed by atoms with Gasteiger partial charge in [0.25, 0.3) is 0 Å². The number of nitriles is 1. The van der Waals surface area contributed by atoms with Crippen molar-refractivity contribution in [3.05, 3.63) is 28.8 Å². The summed E-state index contributed by atoms with van der Waals surface area (Å²) in [6, 6.07) is 4.60. The number of benzene rings is 1. The van der Waals surface area contributed by atoms with Gasteiger partial charge in [0.05, 0.1) is 12.2 Å². The number of carbonyl (C=O) groups excluding carboxylic acids is 1. The lowest BCUT2D eigenvalue weighted by molar-refractivity contribution is -0.0506. The summed E-state index contributed by atoms with van der Waals surface area (Å²) >= 11 is 0. The van der Waals surface area contributed by atoms with Gasteiger partial charge in [-0.2, -0.15) is 14.0 Å². The zero-order chi connectivity index (χ0) is 14.4. The van der Waals surface area contributed by atoms with Crippen LogP contribution < -0.4 is 4.74 Å². The molecule has 0 bridgehead atoms. The fraction of sp³-hybridized carbons (Fsp3) is 0.385. The molecule has 0 saturated heterocycles. The second-order valence-corrected chi connectivity index (χ2v) is 3.54. The molecule has 19 heavy (non-hydrogen) atoms. The molecule has 0 fully saturated rings. The average Bonchev–Trinajstić information content (AvgIpc) is 2.37. The van der Waals surface area contributed by atoms with Gasteiger partial charge in [-0.15, -0.1) is 0 Å². The van der Waals surface area contributed by atoms with Gasteiger partial charge >= 0.3 is 12.6 Å². The van der Waals surface area contributed by atoms with Gasteiger partial charge in [0.1, 0.15) is 11.6 Å². The SMILES string of the molecule is CCOC(=O)c1c(CC)ccc(C#N)c1OC(F)F. The maximum absolute atomic E-state index is 12.4. The molecule has 0 aliphatic carbocycles. The van der Waals surface area contributed by atoms with Crippen molar-refractivity contribution in [2.75, 3.05) is 6.61 Å². The van der Waals surface area contributed by atoms with E-state index < -0.39 is 18.3 Å². The fourth-order valence-electron chi connectivity index (χ4n) is 1.64. The van der Waals surface area contributed by atoms with Gasteiger partial charge in [-0.25, -0.2) is 4.79 Å². The van der Waals surface area contributed by atoms with E-state index in [-0.39, 0.29) is 17.7 Å². The predicted molar refractivity (Wildman–Crippen MR) is 63.1 cm³/mol. The van der Waals surface area contributed by atoms with E-state index in [9.17, 15) is 13.6 Å². The first-order chi connectivity index (χ1) is 9.04. The Morgan fingerprint density at radius 1 is 1.42 bits per heavy atom. The van der Waals surface area contributed by atoms with E-state index in [1.165, 1.54) is 12.1 Å². The lowest BCUT2D eigenvalue weighted by Crippen LogP contribution is -2.14. The van der Waals surface area contributed by atoms with E-state index in [4.69, 9.17) is 10.00 Å². The molecule has 0 aliphatic heterocycles. The lowest BCUT2D eigenvalue weighted by atomic mass is 10.0. The maximum Gasteiger partial charge on any atom is 0.387 e. The second kappa shape index (κ2) is 6.69. The van der Waals surface area contributed by atoms with Crippen molar-refractivity contribution in [1.82, 2.24) is 0 Å². The van der Waals surface area contributed by atoms with Crippen LogP contribution in [-0.2, 0) is 11.2 Å². The minimum Gasteiger partial charge on any atom is -0.462 e. The number of alkyl halides is 2. The lowest BCUT2D eigenvalue weighted by Gasteiger charge is -2.14. The predicted octanol–water partition coefficient (Wildman–Crippen LogP) is 2.90. The van der Waals surface area contributed by atoms with Gasteiger partial charge in [0.15, 0.2) is 5.75 Å². The van der Waals surface area contributed by atoms with Crippen LogP contribution in [0.4, 0.5) is 8.78 Å². The van der Waals surface area contributed by atoms with E-state index in [1.807, 2.05) is 0 Å². The van der Waals surface area contributed by atoms with Crippen LogP contribution >= 0.6 is 0 Å². The first-order valence-corrected chi connectivity index (χ1v) is 5.73. The number of esters is 1. The third kappa shape index (κ3) is 3.41. The molecule has 0 radical (unpaired) electrons. The van der Waals surface area contributed by atoms with Crippen molar-refractivity contribution >= 4 is 5.97 Å². The number of ether oxygens (including phenoxy) is 2. The molecule has 0 spiro atoms. The Labute approximate surface area is 109 Å². The molecule has 0 N–H and O–H groups in total.